The van der Waals surface area contributed by atoms with Gasteiger partial charge in [-0.3, -0.25) is 5.32 Å². The van der Waals surface area contributed by atoms with Crippen molar-refractivity contribution in [3.8, 4) is 5.75 Å². The first kappa shape index (κ1) is 23.4. The predicted octanol–water partition coefficient (Wildman–Crippen LogP) is 4.68. The van der Waals surface area contributed by atoms with Crippen LogP contribution in [0.3, 0.4) is 0 Å². The molecule has 0 saturated heterocycles. The molecule has 4 rings (SSSR count). The first-order valence-corrected chi connectivity index (χ1v) is 10.5. The lowest BCUT2D eigenvalue weighted by atomic mass is 9.81. The summed E-state index contributed by atoms with van der Waals surface area (Å²) in [5, 5.41) is 27.0. The van der Waals surface area contributed by atoms with Crippen molar-refractivity contribution in [3.63, 3.8) is 0 Å². The number of ether oxygens (including phenoxy) is 1. The van der Waals surface area contributed by atoms with Crippen molar-refractivity contribution in [1.82, 2.24) is 5.32 Å². The van der Waals surface area contributed by atoms with E-state index >= 15 is 0 Å². The highest BCUT2D eigenvalue weighted by Gasteiger charge is 2.51. The van der Waals surface area contributed by atoms with Crippen LogP contribution in [0.1, 0.15) is 28.3 Å². The third-order valence-corrected chi connectivity index (χ3v) is 6.17. The van der Waals surface area contributed by atoms with Crippen molar-refractivity contribution in [2.45, 2.75) is 24.0 Å². The lowest BCUT2D eigenvalue weighted by Gasteiger charge is -2.38. The Balaban J connectivity index is 1.96. The number of aliphatic hydroxyl groups excluding tert-OH is 2. The fraction of sp³-hybridized carbons (Fsp3) is 0.250. The van der Waals surface area contributed by atoms with Crippen LogP contribution in [0, 0.1) is 0 Å². The zero-order valence-corrected chi connectivity index (χ0v) is 18.3. The highest BCUT2D eigenvalue weighted by molar-refractivity contribution is 6.31. The van der Waals surface area contributed by atoms with Crippen LogP contribution in [0.4, 0.5) is 18.9 Å². The summed E-state index contributed by atoms with van der Waals surface area (Å²) in [4.78, 5) is 0. The number of alkyl halides is 3. The number of methoxy groups -OCH3 is 1. The van der Waals surface area contributed by atoms with E-state index in [9.17, 15) is 23.4 Å². The summed E-state index contributed by atoms with van der Waals surface area (Å²) in [5.41, 5.74) is -0.933. The molecule has 3 atom stereocenters. The van der Waals surface area contributed by atoms with Gasteiger partial charge in [0, 0.05) is 16.8 Å². The molecule has 4 N–H and O–H groups in total. The molecule has 33 heavy (non-hydrogen) atoms. The zero-order valence-electron chi connectivity index (χ0n) is 17.5. The monoisotopic (exact) mass is 478 g/mol. The number of hydrogen-bond donors (Lipinski definition) is 4. The molecule has 0 fully saturated rings. The summed E-state index contributed by atoms with van der Waals surface area (Å²) in [5.74, 6) is 0.402. The van der Waals surface area contributed by atoms with Gasteiger partial charge in [0.1, 0.15) is 11.3 Å². The van der Waals surface area contributed by atoms with E-state index in [1.54, 1.807) is 48.5 Å². The first-order chi connectivity index (χ1) is 15.7. The average Bonchev–Trinajstić information content (AvgIpc) is 3.07. The van der Waals surface area contributed by atoms with Crippen LogP contribution in [0.25, 0.3) is 0 Å². The Kier molecular flexibility index (Phi) is 6.28. The zero-order chi connectivity index (χ0) is 23.8. The Morgan fingerprint density at radius 2 is 1.76 bits per heavy atom. The van der Waals surface area contributed by atoms with Gasteiger partial charge in [-0.05, 0) is 23.8 Å². The molecule has 2 unspecified atom stereocenters. The average molecular weight is 479 g/mol. The molecule has 5 nitrogen and oxygen atoms in total. The summed E-state index contributed by atoms with van der Waals surface area (Å²) in [7, 11) is 1.46. The maximum atomic E-state index is 13.5. The Labute approximate surface area is 193 Å². The molecule has 3 aromatic rings. The molecule has 174 valence electrons. The van der Waals surface area contributed by atoms with Crippen LogP contribution in [0.5, 0.6) is 5.75 Å². The van der Waals surface area contributed by atoms with E-state index in [2.05, 4.69) is 10.6 Å². The third-order valence-electron chi connectivity index (χ3n) is 5.86. The second-order valence-corrected chi connectivity index (χ2v) is 8.13. The second-order valence-electron chi connectivity index (χ2n) is 7.72. The van der Waals surface area contributed by atoms with E-state index in [4.69, 9.17) is 16.3 Å². The summed E-state index contributed by atoms with van der Waals surface area (Å²) in [6.07, 6.45) is -6.07. The molecule has 0 radical (unpaired) electrons. The standard InChI is InChI=1S/C24H22ClF3N2O3/c1-33-21-10-6-5-9-15(21)23(30-20(13-31)14-7-3-2-4-8-14)17-11-18(25)16(24(26,27)28)12-19(17)29-22(23)32/h2-12,20,22,29-32H,13H2,1H3/t20-,22?,23?/m1/s1. The van der Waals surface area contributed by atoms with Gasteiger partial charge in [-0.15, -0.1) is 0 Å². The summed E-state index contributed by atoms with van der Waals surface area (Å²) < 4.78 is 46.0. The minimum Gasteiger partial charge on any atom is -0.496 e. The van der Waals surface area contributed by atoms with Crippen LogP contribution in [0.15, 0.2) is 66.7 Å². The quantitative estimate of drug-likeness (QED) is 0.414. The van der Waals surface area contributed by atoms with Crippen molar-refractivity contribution in [2.24, 2.45) is 0 Å². The maximum absolute atomic E-state index is 13.5. The van der Waals surface area contributed by atoms with Gasteiger partial charge in [0.25, 0.3) is 0 Å². The molecular weight excluding hydrogens is 457 g/mol. The third kappa shape index (κ3) is 4.04. The van der Waals surface area contributed by atoms with E-state index in [-0.39, 0.29) is 12.3 Å². The molecule has 9 heteroatoms. The number of anilines is 1. The summed E-state index contributed by atoms with van der Waals surface area (Å²) in [6.45, 7) is -0.336. The smallest absolute Gasteiger partial charge is 0.417 e. The van der Waals surface area contributed by atoms with Crippen LogP contribution >= 0.6 is 11.6 Å². The van der Waals surface area contributed by atoms with E-state index < -0.39 is 34.6 Å². The SMILES string of the molecule is COc1ccccc1C1(N[C@H](CO)c2ccccc2)c2cc(Cl)c(C(F)(F)F)cc2NC1O. The van der Waals surface area contributed by atoms with Crippen molar-refractivity contribution in [1.29, 1.82) is 0 Å². The fourth-order valence-corrected chi connectivity index (χ4v) is 4.60. The maximum Gasteiger partial charge on any atom is 0.417 e. The molecular formula is C24H22ClF3N2O3. The van der Waals surface area contributed by atoms with Gasteiger partial charge in [-0.1, -0.05) is 60.1 Å². The van der Waals surface area contributed by atoms with Gasteiger partial charge >= 0.3 is 6.18 Å². The number of hydrogen-bond acceptors (Lipinski definition) is 5. The number of aliphatic hydroxyl groups is 2. The molecule has 0 spiro atoms. The van der Waals surface area contributed by atoms with Gasteiger partial charge in [0.05, 0.1) is 30.3 Å². The van der Waals surface area contributed by atoms with Crippen molar-refractivity contribution < 1.29 is 28.1 Å². The normalized spacial score (nSPS) is 20.8. The van der Waals surface area contributed by atoms with Gasteiger partial charge in [0.2, 0.25) is 0 Å². The molecule has 1 aliphatic rings. The number of para-hydroxylation sites is 1. The molecule has 0 saturated carbocycles. The van der Waals surface area contributed by atoms with Gasteiger partial charge in [-0.25, -0.2) is 0 Å². The van der Waals surface area contributed by atoms with E-state index in [0.29, 0.717) is 16.9 Å². The number of rotatable bonds is 6. The van der Waals surface area contributed by atoms with Gasteiger partial charge in [0.15, 0.2) is 6.23 Å². The van der Waals surface area contributed by atoms with Gasteiger partial charge < -0.3 is 20.3 Å². The lowest BCUT2D eigenvalue weighted by Crippen LogP contribution is -2.53. The summed E-state index contributed by atoms with van der Waals surface area (Å²) in [6, 6.07) is 17.3. The highest BCUT2D eigenvalue weighted by Crippen LogP contribution is 2.50. The minimum absolute atomic E-state index is 0.0717. The Morgan fingerprint density at radius 3 is 2.39 bits per heavy atom. The first-order valence-electron chi connectivity index (χ1n) is 10.1. The second kappa shape index (κ2) is 8.87. The topological polar surface area (TPSA) is 73.8 Å². The van der Waals surface area contributed by atoms with Crippen LogP contribution < -0.4 is 15.4 Å². The lowest BCUT2D eigenvalue weighted by molar-refractivity contribution is -0.137. The van der Waals surface area contributed by atoms with Crippen molar-refractivity contribution in [2.75, 3.05) is 19.0 Å². The molecule has 0 bridgehead atoms. The van der Waals surface area contributed by atoms with Crippen LogP contribution in [-0.2, 0) is 11.7 Å². The molecule has 0 aromatic heterocycles. The number of benzene rings is 3. The predicted molar refractivity (Wildman–Crippen MR) is 119 cm³/mol. The van der Waals surface area contributed by atoms with Crippen molar-refractivity contribution >= 4 is 17.3 Å². The Bertz CT molecular complexity index is 1140. The van der Waals surface area contributed by atoms with Crippen molar-refractivity contribution in [3.05, 3.63) is 94.0 Å². The van der Waals surface area contributed by atoms with Gasteiger partial charge in [-0.2, -0.15) is 13.2 Å². The Morgan fingerprint density at radius 1 is 1.09 bits per heavy atom. The number of halogens is 4. The van der Waals surface area contributed by atoms with Crippen LogP contribution in [-0.4, -0.2) is 30.2 Å². The molecule has 0 amide bonds. The molecule has 1 heterocycles. The van der Waals surface area contributed by atoms with E-state index in [1.807, 2.05) is 6.07 Å². The van der Waals surface area contributed by atoms with E-state index in [0.717, 1.165) is 11.6 Å². The fourth-order valence-electron chi connectivity index (χ4n) is 4.33. The Hall–Kier alpha value is -2.78. The van der Waals surface area contributed by atoms with Crippen LogP contribution in [0.2, 0.25) is 5.02 Å². The summed E-state index contributed by atoms with van der Waals surface area (Å²) >= 11 is 6.08. The molecule has 3 aromatic carbocycles. The number of fused-ring (bicyclic) bond motifs is 1. The number of nitrogens with one attached hydrogen (secondary N) is 2. The minimum atomic E-state index is -4.67. The van der Waals surface area contributed by atoms with E-state index in [1.165, 1.54) is 13.2 Å². The highest BCUT2D eigenvalue weighted by atomic mass is 35.5. The molecule has 1 aliphatic heterocycles. The largest absolute Gasteiger partial charge is 0.496 e. The molecule has 0 aliphatic carbocycles.